The van der Waals surface area contributed by atoms with Crippen molar-refractivity contribution in [3.63, 3.8) is 0 Å². The van der Waals surface area contributed by atoms with Gasteiger partial charge in [-0.2, -0.15) is 0 Å². The van der Waals surface area contributed by atoms with Gasteiger partial charge in [0.15, 0.2) is 0 Å². The molecule has 0 heterocycles. The number of rotatable bonds is 3. The monoisotopic (exact) mass is 166 g/mol. The van der Waals surface area contributed by atoms with Gasteiger partial charge in [-0.05, 0) is 26.2 Å². The number of hydrogen-bond acceptors (Lipinski definition) is 0. The fraction of sp³-hybridized carbons (Fsp3) is 0.600. The highest BCUT2D eigenvalue weighted by Crippen LogP contribution is 2.26. The third-order valence-corrected chi connectivity index (χ3v) is 3.58. The molecule has 0 bridgehead atoms. The van der Waals surface area contributed by atoms with E-state index in [1.165, 1.54) is 35.9 Å². The molecule has 1 rings (SSSR count). The van der Waals surface area contributed by atoms with Crippen LogP contribution < -0.4 is 0 Å². The second kappa shape index (κ2) is 3.91. The van der Waals surface area contributed by atoms with Gasteiger partial charge < -0.3 is 0 Å². The molecule has 0 aromatic heterocycles. The zero-order valence-electron chi connectivity index (χ0n) is 7.91. The van der Waals surface area contributed by atoms with E-state index in [-0.39, 0.29) is 0 Å². The van der Waals surface area contributed by atoms with E-state index in [9.17, 15) is 0 Å². The molecule has 0 unspecified atom stereocenters. The Balaban J connectivity index is 2.38. The van der Waals surface area contributed by atoms with E-state index in [4.69, 9.17) is 0 Å². The quantitative estimate of drug-likeness (QED) is 0.564. The molecule has 0 aliphatic heterocycles. The van der Waals surface area contributed by atoms with Gasteiger partial charge in [-0.1, -0.05) is 35.8 Å². The van der Waals surface area contributed by atoms with Crippen molar-refractivity contribution in [3.8, 4) is 0 Å². The Morgan fingerprint density at radius 2 is 2.27 bits per heavy atom. The summed E-state index contributed by atoms with van der Waals surface area (Å²) in [4.78, 5) is 0. The topological polar surface area (TPSA) is 0 Å². The van der Waals surface area contributed by atoms with Gasteiger partial charge in [0.1, 0.15) is 0 Å². The van der Waals surface area contributed by atoms with Crippen molar-refractivity contribution < 1.29 is 0 Å². The lowest BCUT2D eigenvalue weighted by atomic mass is 10.1. The summed E-state index contributed by atoms with van der Waals surface area (Å²) in [5.74, 6) is 0. The lowest BCUT2D eigenvalue weighted by molar-refractivity contribution is 0.778. The molecule has 0 saturated heterocycles. The van der Waals surface area contributed by atoms with E-state index in [1.54, 1.807) is 16.3 Å². The van der Waals surface area contributed by atoms with Crippen LogP contribution in [-0.4, -0.2) is 10.2 Å². The molecule has 0 atom stereocenters. The molecule has 0 aromatic rings. The number of unbranched alkanes of at least 4 members (excludes halogenated alkanes) is 1. The van der Waals surface area contributed by atoms with Crippen LogP contribution in [-0.2, 0) is 0 Å². The summed E-state index contributed by atoms with van der Waals surface area (Å²) in [6.45, 7) is 4.51. The molecule has 1 aliphatic carbocycles. The van der Waals surface area contributed by atoms with Crippen LogP contribution in [0.1, 0.15) is 39.5 Å². The van der Waals surface area contributed by atoms with Crippen molar-refractivity contribution in [2.45, 2.75) is 39.5 Å². The molecule has 0 radical (unpaired) electrons. The molecule has 0 spiro atoms. The average molecular weight is 166 g/mol. The second-order valence-electron chi connectivity index (χ2n) is 3.55. The lowest BCUT2D eigenvalue weighted by Crippen LogP contribution is -1.82. The molecule has 0 aromatic carbocycles. The Hall–Kier alpha value is -0.303. The standard InChI is InChI=1S/C10H18Si/c1-3-4-5-9-6-8(2)10(11)7-9/h6H,3-5,7H2,1-2,11H3. The summed E-state index contributed by atoms with van der Waals surface area (Å²) in [7, 11) is 1.26. The Kier molecular flexibility index (Phi) is 3.12. The molecule has 62 valence electrons. The van der Waals surface area contributed by atoms with Gasteiger partial charge in [-0.15, -0.1) is 0 Å². The van der Waals surface area contributed by atoms with Crippen LogP contribution in [0.5, 0.6) is 0 Å². The smallest absolute Gasteiger partial charge is 0.0340 e. The molecular formula is C10H18Si. The van der Waals surface area contributed by atoms with E-state index in [2.05, 4.69) is 19.9 Å². The summed E-state index contributed by atoms with van der Waals surface area (Å²) in [6, 6.07) is 0. The molecule has 0 saturated carbocycles. The Morgan fingerprint density at radius 1 is 1.55 bits per heavy atom. The molecule has 1 heteroatoms. The second-order valence-corrected chi connectivity index (χ2v) is 4.75. The van der Waals surface area contributed by atoms with Gasteiger partial charge in [0.05, 0.1) is 0 Å². The van der Waals surface area contributed by atoms with Crippen molar-refractivity contribution in [2.24, 2.45) is 0 Å². The highest BCUT2D eigenvalue weighted by molar-refractivity contribution is 6.22. The Bertz CT molecular complexity index is 199. The van der Waals surface area contributed by atoms with Gasteiger partial charge in [-0.25, -0.2) is 0 Å². The fourth-order valence-electron chi connectivity index (χ4n) is 1.52. The van der Waals surface area contributed by atoms with Crippen LogP contribution in [0.2, 0.25) is 0 Å². The van der Waals surface area contributed by atoms with Gasteiger partial charge in [0.2, 0.25) is 0 Å². The molecule has 0 N–H and O–H groups in total. The van der Waals surface area contributed by atoms with E-state index >= 15 is 0 Å². The van der Waals surface area contributed by atoms with E-state index in [0.717, 1.165) is 0 Å². The van der Waals surface area contributed by atoms with Crippen LogP contribution in [0.4, 0.5) is 0 Å². The van der Waals surface area contributed by atoms with E-state index in [1.807, 2.05) is 0 Å². The maximum absolute atomic E-state index is 2.40. The SMILES string of the molecule is CCCCC1=CC(C)=C([SiH3])C1. The molecular weight excluding hydrogens is 148 g/mol. The third-order valence-electron chi connectivity index (χ3n) is 2.44. The summed E-state index contributed by atoms with van der Waals surface area (Å²) in [5, 5.41) is 1.70. The lowest BCUT2D eigenvalue weighted by Gasteiger charge is -1.99. The first-order valence-corrected chi connectivity index (χ1v) is 5.60. The van der Waals surface area contributed by atoms with Gasteiger partial charge >= 0.3 is 0 Å². The summed E-state index contributed by atoms with van der Waals surface area (Å²) in [6.07, 6.45) is 7.73. The summed E-state index contributed by atoms with van der Waals surface area (Å²) in [5.41, 5.74) is 3.23. The maximum atomic E-state index is 2.40. The highest BCUT2D eigenvalue weighted by Gasteiger charge is 2.07. The maximum Gasteiger partial charge on any atom is 0.0340 e. The molecule has 11 heavy (non-hydrogen) atoms. The van der Waals surface area contributed by atoms with Crippen molar-refractivity contribution in [3.05, 3.63) is 22.4 Å². The third kappa shape index (κ3) is 2.33. The van der Waals surface area contributed by atoms with Crippen molar-refractivity contribution in [1.82, 2.24) is 0 Å². The van der Waals surface area contributed by atoms with Crippen molar-refractivity contribution in [2.75, 3.05) is 0 Å². The first kappa shape index (κ1) is 8.79. The van der Waals surface area contributed by atoms with Gasteiger partial charge in [0, 0.05) is 10.2 Å². The highest BCUT2D eigenvalue weighted by atomic mass is 28.1. The molecule has 0 nitrogen and oxygen atoms in total. The average Bonchev–Trinajstić information content (AvgIpc) is 2.28. The van der Waals surface area contributed by atoms with Crippen molar-refractivity contribution >= 4 is 10.2 Å². The zero-order chi connectivity index (χ0) is 8.27. The van der Waals surface area contributed by atoms with E-state index in [0.29, 0.717) is 0 Å². The minimum atomic E-state index is 1.26. The predicted octanol–water partition coefficient (Wildman–Crippen LogP) is 2.15. The first-order chi connectivity index (χ1) is 5.24. The zero-order valence-corrected chi connectivity index (χ0v) is 9.91. The van der Waals surface area contributed by atoms with Crippen LogP contribution >= 0.6 is 0 Å². The minimum Gasteiger partial charge on any atom is -0.0849 e. The largest absolute Gasteiger partial charge is 0.0849 e. The normalized spacial score (nSPS) is 17.8. The first-order valence-electron chi connectivity index (χ1n) is 4.60. The molecule has 0 fully saturated rings. The van der Waals surface area contributed by atoms with Gasteiger partial charge in [0.25, 0.3) is 0 Å². The summed E-state index contributed by atoms with van der Waals surface area (Å²) < 4.78 is 0. The van der Waals surface area contributed by atoms with Crippen LogP contribution in [0, 0.1) is 0 Å². The van der Waals surface area contributed by atoms with Crippen LogP contribution in [0.25, 0.3) is 0 Å². The Labute approximate surface area is 72.8 Å². The minimum absolute atomic E-state index is 1.26. The number of allylic oxidation sites excluding steroid dienone is 4. The number of hydrogen-bond donors (Lipinski definition) is 0. The molecule has 1 aliphatic rings. The van der Waals surface area contributed by atoms with Crippen LogP contribution in [0.3, 0.4) is 0 Å². The van der Waals surface area contributed by atoms with Crippen molar-refractivity contribution in [1.29, 1.82) is 0 Å². The predicted molar refractivity (Wildman–Crippen MR) is 54.9 cm³/mol. The Morgan fingerprint density at radius 3 is 2.73 bits per heavy atom. The van der Waals surface area contributed by atoms with Gasteiger partial charge in [-0.3, -0.25) is 0 Å². The summed E-state index contributed by atoms with van der Waals surface area (Å²) >= 11 is 0. The van der Waals surface area contributed by atoms with E-state index < -0.39 is 0 Å². The molecule has 0 amide bonds. The fourth-order valence-corrected chi connectivity index (χ4v) is 2.12. The van der Waals surface area contributed by atoms with Crippen LogP contribution in [0.15, 0.2) is 22.4 Å².